The van der Waals surface area contributed by atoms with E-state index in [0.717, 1.165) is 29.7 Å². The van der Waals surface area contributed by atoms with Crippen LogP contribution in [0.4, 0.5) is 4.39 Å². The summed E-state index contributed by atoms with van der Waals surface area (Å²) < 4.78 is 42.6. The van der Waals surface area contributed by atoms with E-state index in [1.165, 1.54) is 28.1 Å². The molecule has 2 heterocycles. The molecule has 2 aliphatic heterocycles. The zero-order valence-electron chi connectivity index (χ0n) is 19.8. The Labute approximate surface area is 206 Å². The molecular weight excluding hydrogens is 463 g/mol. The highest BCUT2D eigenvalue weighted by Crippen LogP contribution is 2.43. The summed E-state index contributed by atoms with van der Waals surface area (Å²) in [5, 5.41) is 10.2. The molecule has 7 heteroatoms. The number of aryl methyl sites for hydroxylation is 1. The largest absolute Gasteiger partial charge is 0.395 e. The van der Waals surface area contributed by atoms with Crippen LogP contribution in [0.5, 0.6) is 0 Å². The Kier molecular flexibility index (Phi) is 6.77. The quantitative estimate of drug-likeness (QED) is 0.571. The Bertz CT molecular complexity index is 1300. The Morgan fingerprint density at radius 2 is 1.69 bits per heavy atom. The van der Waals surface area contributed by atoms with Gasteiger partial charge in [-0.3, -0.25) is 4.90 Å². The van der Waals surface area contributed by atoms with Gasteiger partial charge in [-0.2, -0.15) is 4.31 Å². The van der Waals surface area contributed by atoms with Gasteiger partial charge < -0.3 is 5.11 Å². The predicted octanol–water partition coefficient (Wildman–Crippen LogP) is 4.41. The molecule has 0 unspecified atom stereocenters. The van der Waals surface area contributed by atoms with Crippen LogP contribution >= 0.6 is 0 Å². The minimum atomic E-state index is -3.96. The zero-order chi connectivity index (χ0) is 24.6. The Morgan fingerprint density at radius 1 is 0.943 bits per heavy atom. The van der Waals surface area contributed by atoms with Gasteiger partial charge in [-0.1, -0.05) is 66.2 Å². The number of sulfonamides is 1. The maximum atomic E-state index is 14.4. The molecule has 1 N–H and O–H groups in total. The molecular formula is C28H31FN2O3S. The smallest absolute Gasteiger partial charge is 0.246 e. The highest BCUT2D eigenvalue weighted by atomic mass is 32.2. The summed E-state index contributed by atoms with van der Waals surface area (Å²) in [6.45, 7) is 3.55. The van der Waals surface area contributed by atoms with Crippen LogP contribution in [0.15, 0.2) is 77.7 Å². The first kappa shape index (κ1) is 24.1. The fourth-order valence-corrected chi connectivity index (χ4v) is 7.20. The second kappa shape index (κ2) is 9.82. The fraction of sp³-hybridized carbons (Fsp3) is 0.357. The number of hydrogen-bond donors (Lipinski definition) is 1. The number of nitrogens with zero attached hydrogens (tertiary/aromatic N) is 2. The Hall–Kier alpha value is -2.58. The third-order valence-electron chi connectivity index (χ3n) is 7.43. The number of fused-ring (bicyclic) bond motifs is 1. The van der Waals surface area contributed by atoms with E-state index in [1.54, 1.807) is 6.07 Å². The second-order valence-electron chi connectivity index (χ2n) is 9.57. The van der Waals surface area contributed by atoms with Crippen LogP contribution in [0, 0.1) is 12.7 Å². The molecule has 0 saturated carbocycles. The Balaban J connectivity index is 1.43. The van der Waals surface area contributed by atoms with Crippen LogP contribution in [0.1, 0.15) is 29.9 Å². The third kappa shape index (κ3) is 4.54. The van der Waals surface area contributed by atoms with Crippen molar-refractivity contribution in [1.82, 2.24) is 9.21 Å². The Morgan fingerprint density at radius 3 is 2.40 bits per heavy atom. The van der Waals surface area contributed by atoms with Gasteiger partial charge in [0.05, 0.1) is 6.61 Å². The highest BCUT2D eigenvalue weighted by Gasteiger charge is 2.50. The molecule has 35 heavy (non-hydrogen) atoms. The molecule has 0 bridgehead atoms. The molecule has 5 nitrogen and oxygen atoms in total. The van der Waals surface area contributed by atoms with Gasteiger partial charge in [0.2, 0.25) is 10.0 Å². The lowest BCUT2D eigenvalue weighted by molar-refractivity contribution is -0.0554. The molecule has 0 aromatic heterocycles. The lowest BCUT2D eigenvalue weighted by Crippen LogP contribution is -2.67. The molecule has 3 aromatic carbocycles. The van der Waals surface area contributed by atoms with Gasteiger partial charge in [-0.05, 0) is 55.1 Å². The fourth-order valence-electron chi connectivity index (χ4n) is 5.64. The third-order valence-corrected chi connectivity index (χ3v) is 9.33. The number of benzene rings is 3. The van der Waals surface area contributed by atoms with Crippen molar-refractivity contribution in [3.05, 3.63) is 89.7 Å². The van der Waals surface area contributed by atoms with E-state index in [2.05, 4.69) is 54.3 Å². The summed E-state index contributed by atoms with van der Waals surface area (Å²) >= 11 is 0. The molecule has 0 radical (unpaired) electrons. The summed E-state index contributed by atoms with van der Waals surface area (Å²) in [4.78, 5) is 1.95. The number of halogens is 1. The highest BCUT2D eigenvalue weighted by molar-refractivity contribution is 7.89. The van der Waals surface area contributed by atoms with Gasteiger partial charge in [-0.15, -0.1) is 0 Å². The maximum absolute atomic E-state index is 14.4. The maximum Gasteiger partial charge on any atom is 0.246 e. The molecule has 184 valence electrons. The van der Waals surface area contributed by atoms with Gasteiger partial charge in [-0.25, -0.2) is 12.8 Å². The first-order valence-corrected chi connectivity index (χ1v) is 13.6. The van der Waals surface area contributed by atoms with Crippen LogP contribution in [0.3, 0.4) is 0 Å². The summed E-state index contributed by atoms with van der Waals surface area (Å²) in [7, 11) is -3.96. The lowest BCUT2D eigenvalue weighted by atomic mass is 9.74. The minimum absolute atomic E-state index is 0.00276. The number of aliphatic hydroxyl groups is 1. The molecule has 0 aliphatic carbocycles. The normalized spacial score (nSPS) is 23.7. The first-order chi connectivity index (χ1) is 16.9. The van der Waals surface area contributed by atoms with Gasteiger partial charge in [0, 0.05) is 31.1 Å². The van der Waals surface area contributed by atoms with Crippen molar-refractivity contribution in [2.75, 3.05) is 26.2 Å². The SMILES string of the molecule is Cc1cccc(-c2ccc([C@H]3[C@H](CO)N4CCCCN(S(=O)(=O)c5ccccc5F)C[C@@H]34)cc2)c1. The van der Waals surface area contributed by atoms with Crippen molar-refractivity contribution in [2.24, 2.45) is 0 Å². The minimum Gasteiger partial charge on any atom is -0.395 e. The van der Waals surface area contributed by atoms with E-state index in [1.807, 2.05) is 6.07 Å². The van der Waals surface area contributed by atoms with Crippen LogP contribution < -0.4 is 0 Å². The monoisotopic (exact) mass is 494 g/mol. The molecule has 2 fully saturated rings. The van der Waals surface area contributed by atoms with Gasteiger partial charge in [0.1, 0.15) is 10.7 Å². The molecule has 0 amide bonds. The second-order valence-corrected chi connectivity index (χ2v) is 11.5. The van der Waals surface area contributed by atoms with E-state index in [0.29, 0.717) is 13.0 Å². The van der Waals surface area contributed by atoms with E-state index in [9.17, 15) is 17.9 Å². The molecule has 3 atom stereocenters. The van der Waals surface area contributed by atoms with E-state index >= 15 is 0 Å². The van der Waals surface area contributed by atoms with E-state index in [4.69, 9.17) is 0 Å². The zero-order valence-corrected chi connectivity index (χ0v) is 20.7. The molecule has 0 spiro atoms. The van der Waals surface area contributed by atoms with Crippen LogP contribution in [0.2, 0.25) is 0 Å². The standard InChI is InChI=1S/C28H31FN2O3S/c1-20-7-6-8-23(17-20)21-11-13-22(14-12-21)28-25-18-30(15-4-5-16-31(25)26(28)19-32)35(33,34)27-10-3-2-9-24(27)29/h2-3,6-14,17,25-26,28,32H,4-5,15-16,18-19H2,1H3/t25-,26-,28+/m0/s1. The van der Waals surface area contributed by atoms with Crippen molar-refractivity contribution in [1.29, 1.82) is 0 Å². The van der Waals surface area contributed by atoms with Crippen molar-refractivity contribution < 1.29 is 17.9 Å². The lowest BCUT2D eigenvalue weighted by Gasteiger charge is -2.57. The molecule has 3 aromatic rings. The van der Waals surface area contributed by atoms with Crippen molar-refractivity contribution >= 4 is 10.0 Å². The van der Waals surface area contributed by atoms with Gasteiger partial charge >= 0.3 is 0 Å². The van der Waals surface area contributed by atoms with Gasteiger partial charge in [0.15, 0.2) is 0 Å². The number of hydrogen-bond acceptors (Lipinski definition) is 4. The van der Waals surface area contributed by atoms with Crippen molar-refractivity contribution in [3.8, 4) is 11.1 Å². The van der Waals surface area contributed by atoms with Crippen molar-refractivity contribution in [3.63, 3.8) is 0 Å². The molecule has 2 aliphatic rings. The van der Waals surface area contributed by atoms with Gasteiger partial charge in [0.25, 0.3) is 0 Å². The van der Waals surface area contributed by atoms with E-state index < -0.39 is 15.8 Å². The molecule has 5 rings (SSSR count). The summed E-state index contributed by atoms with van der Waals surface area (Å²) in [6, 6.07) is 22.2. The molecule has 2 saturated heterocycles. The topological polar surface area (TPSA) is 60.9 Å². The average Bonchev–Trinajstić information content (AvgIpc) is 2.83. The first-order valence-electron chi connectivity index (χ1n) is 12.2. The summed E-state index contributed by atoms with van der Waals surface area (Å²) in [5.41, 5.74) is 4.56. The van der Waals surface area contributed by atoms with Crippen LogP contribution in [-0.4, -0.2) is 61.1 Å². The van der Waals surface area contributed by atoms with Crippen LogP contribution in [0.25, 0.3) is 11.1 Å². The summed E-state index contributed by atoms with van der Waals surface area (Å²) in [5.74, 6) is -0.723. The average molecular weight is 495 g/mol. The number of aliphatic hydroxyl groups excluding tert-OH is 1. The van der Waals surface area contributed by atoms with Crippen LogP contribution in [-0.2, 0) is 10.0 Å². The number of rotatable bonds is 5. The van der Waals surface area contributed by atoms with Crippen molar-refractivity contribution in [2.45, 2.75) is 42.7 Å². The predicted molar refractivity (Wildman–Crippen MR) is 135 cm³/mol. The summed E-state index contributed by atoms with van der Waals surface area (Å²) in [6.07, 6.45) is 1.53. The van der Waals surface area contributed by atoms with E-state index in [-0.39, 0.29) is 36.0 Å².